The molecule has 162 valence electrons. The molecule has 1 fully saturated rings. The van der Waals surface area contributed by atoms with E-state index < -0.39 is 0 Å². The SMILES string of the molecule is Cc1ccc(CN2C(=O)S/C(=C/c3cccc(OCCOc4ccccc4)c3)C2=O)cc1. The Morgan fingerprint density at radius 3 is 2.28 bits per heavy atom. The molecule has 0 atom stereocenters. The average Bonchev–Trinajstić information content (AvgIpc) is 3.06. The fourth-order valence-electron chi connectivity index (χ4n) is 3.19. The van der Waals surface area contributed by atoms with E-state index >= 15 is 0 Å². The van der Waals surface area contributed by atoms with E-state index in [1.54, 1.807) is 6.08 Å². The quantitative estimate of drug-likeness (QED) is 0.329. The van der Waals surface area contributed by atoms with Crippen molar-refractivity contribution < 1.29 is 19.1 Å². The molecule has 0 saturated carbocycles. The molecule has 0 N–H and O–H groups in total. The van der Waals surface area contributed by atoms with Crippen molar-refractivity contribution in [1.82, 2.24) is 4.90 Å². The summed E-state index contributed by atoms with van der Waals surface area (Å²) in [6.07, 6.45) is 1.73. The van der Waals surface area contributed by atoms with Crippen molar-refractivity contribution >= 4 is 29.0 Å². The van der Waals surface area contributed by atoms with Crippen molar-refractivity contribution in [3.8, 4) is 11.5 Å². The zero-order valence-electron chi connectivity index (χ0n) is 17.7. The second-order valence-electron chi connectivity index (χ2n) is 7.34. The number of amides is 2. The van der Waals surface area contributed by atoms with E-state index in [-0.39, 0.29) is 17.7 Å². The first-order valence-electron chi connectivity index (χ1n) is 10.3. The number of nitrogens with zero attached hydrogens (tertiary/aromatic N) is 1. The van der Waals surface area contributed by atoms with Gasteiger partial charge in [0.2, 0.25) is 0 Å². The van der Waals surface area contributed by atoms with Gasteiger partial charge in [0.1, 0.15) is 24.7 Å². The number of aryl methyl sites for hydroxylation is 1. The molecule has 0 unspecified atom stereocenters. The Morgan fingerprint density at radius 2 is 1.53 bits per heavy atom. The molecule has 0 aliphatic carbocycles. The van der Waals surface area contributed by atoms with Crippen molar-refractivity contribution in [3.63, 3.8) is 0 Å². The number of carbonyl (C=O) groups is 2. The van der Waals surface area contributed by atoms with Crippen molar-refractivity contribution in [2.45, 2.75) is 13.5 Å². The standard InChI is InChI=1S/C26H23NO4S/c1-19-10-12-20(13-11-19)18-27-25(28)24(32-26(27)29)17-21-6-5-9-23(16-21)31-15-14-30-22-7-3-2-4-8-22/h2-13,16-17H,14-15,18H2,1H3/b24-17+. The number of thioether (sulfide) groups is 1. The van der Waals surface area contributed by atoms with Crippen LogP contribution in [0.1, 0.15) is 16.7 Å². The van der Waals surface area contributed by atoms with Crippen LogP contribution in [0.25, 0.3) is 6.08 Å². The molecule has 0 aromatic heterocycles. The maximum atomic E-state index is 12.8. The Labute approximate surface area is 191 Å². The molecule has 1 aliphatic rings. The number of hydrogen-bond acceptors (Lipinski definition) is 5. The molecule has 32 heavy (non-hydrogen) atoms. The largest absolute Gasteiger partial charge is 0.490 e. The average molecular weight is 446 g/mol. The summed E-state index contributed by atoms with van der Waals surface area (Å²) in [4.78, 5) is 26.9. The van der Waals surface area contributed by atoms with Gasteiger partial charge in [0, 0.05) is 0 Å². The lowest BCUT2D eigenvalue weighted by atomic mass is 10.1. The number of ether oxygens (including phenoxy) is 2. The Bertz CT molecular complexity index is 1130. The van der Waals surface area contributed by atoms with Gasteiger partial charge >= 0.3 is 0 Å². The zero-order chi connectivity index (χ0) is 22.3. The second kappa shape index (κ2) is 10.2. The first-order valence-corrected chi connectivity index (χ1v) is 11.1. The molecule has 3 aromatic carbocycles. The van der Waals surface area contributed by atoms with Crippen LogP contribution in [0.4, 0.5) is 4.79 Å². The highest BCUT2D eigenvalue weighted by atomic mass is 32.2. The van der Waals surface area contributed by atoms with Crippen LogP contribution in [0.15, 0.2) is 83.8 Å². The van der Waals surface area contributed by atoms with Crippen molar-refractivity contribution in [2.75, 3.05) is 13.2 Å². The Balaban J connectivity index is 1.36. The molecule has 1 aliphatic heterocycles. The molecule has 4 rings (SSSR count). The summed E-state index contributed by atoms with van der Waals surface area (Å²) in [5.41, 5.74) is 2.86. The number of carbonyl (C=O) groups excluding carboxylic acids is 2. The van der Waals surface area contributed by atoms with Gasteiger partial charge in [-0.05, 0) is 60.2 Å². The van der Waals surface area contributed by atoms with Gasteiger partial charge in [-0.15, -0.1) is 0 Å². The second-order valence-corrected chi connectivity index (χ2v) is 8.33. The van der Waals surface area contributed by atoms with E-state index in [1.165, 1.54) is 4.90 Å². The van der Waals surface area contributed by atoms with E-state index in [0.717, 1.165) is 34.2 Å². The molecule has 0 radical (unpaired) electrons. The molecular weight excluding hydrogens is 422 g/mol. The third-order valence-electron chi connectivity index (χ3n) is 4.85. The van der Waals surface area contributed by atoms with Gasteiger partial charge in [0.25, 0.3) is 11.1 Å². The van der Waals surface area contributed by atoms with Gasteiger partial charge in [0.05, 0.1) is 11.4 Å². The van der Waals surface area contributed by atoms with Gasteiger partial charge in [-0.3, -0.25) is 14.5 Å². The normalized spacial score (nSPS) is 14.8. The molecular formula is C26H23NO4S. The third-order valence-corrected chi connectivity index (χ3v) is 5.76. The highest BCUT2D eigenvalue weighted by molar-refractivity contribution is 8.18. The first-order chi connectivity index (χ1) is 15.6. The molecule has 5 nitrogen and oxygen atoms in total. The molecule has 0 spiro atoms. The molecule has 0 bridgehead atoms. The fourth-order valence-corrected chi connectivity index (χ4v) is 4.03. The van der Waals surface area contributed by atoms with Gasteiger partial charge in [-0.2, -0.15) is 0 Å². The Morgan fingerprint density at radius 1 is 0.844 bits per heavy atom. The van der Waals surface area contributed by atoms with Gasteiger partial charge in [-0.25, -0.2) is 0 Å². The monoisotopic (exact) mass is 445 g/mol. The Kier molecular flexibility index (Phi) is 6.92. The minimum atomic E-state index is -0.275. The highest BCUT2D eigenvalue weighted by Gasteiger charge is 2.34. The lowest BCUT2D eigenvalue weighted by Crippen LogP contribution is -2.27. The van der Waals surface area contributed by atoms with E-state index in [4.69, 9.17) is 9.47 Å². The van der Waals surface area contributed by atoms with Crippen LogP contribution in [0.3, 0.4) is 0 Å². The Hall–Kier alpha value is -3.51. The van der Waals surface area contributed by atoms with Gasteiger partial charge in [-0.1, -0.05) is 60.2 Å². The predicted octanol–water partition coefficient (Wildman–Crippen LogP) is 5.69. The van der Waals surface area contributed by atoms with Crippen LogP contribution >= 0.6 is 11.8 Å². The number of rotatable bonds is 8. The van der Waals surface area contributed by atoms with E-state index in [2.05, 4.69) is 0 Å². The van der Waals surface area contributed by atoms with Crippen molar-refractivity contribution in [1.29, 1.82) is 0 Å². The molecule has 6 heteroatoms. The van der Waals surface area contributed by atoms with Crippen LogP contribution in [-0.2, 0) is 11.3 Å². The van der Waals surface area contributed by atoms with E-state index in [0.29, 0.717) is 23.9 Å². The number of imide groups is 1. The van der Waals surface area contributed by atoms with Crippen molar-refractivity contribution in [2.24, 2.45) is 0 Å². The van der Waals surface area contributed by atoms with Crippen LogP contribution in [-0.4, -0.2) is 29.3 Å². The lowest BCUT2D eigenvalue weighted by molar-refractivity contribution is -0.123. The predicted molar refractivity (Wildman–Crippen MR) is 127 cm³/mol. The van der Waals surface area contributed by atoms with E-state index in [9.17, 15) is 9.59 Å². The number of benzene rings is 3. The zero-order valence-corrected chi connectivity index (χ0v) is 18.5. The van der Waals surface area contributed by atoms with Crippen LogP contribution in [0, 0.1) is 6.92 Å². The topological polar surface area (TPSA) is 55.8 Å². The minimum absolute atomic E-state index is 0.257. The molecule has 3 aromatic rings. The molecule has 2 amide bonds. The summed E-state index contributed by atoms with van der Waals surface area (Å²) in [7, 11) is 0. The summed E-state index contributed by atoms with van der Waals surface area (Å²) < 4.78 is 11.4. The molecule has 1 saturated heterocycles. The number of hydrogen-bond donors (Lipinski definition) is 0. The highest BCUT2D eigenvalue weighted by Crippen LogP contribution is 2.33. The summed E-state index contributed by atoms with van der Waals surface area (Å²) in [6.45, 7) is 3.09. The van der Waals surface area contributed by atoms with Gasteiger partial charge < -0.3 is 9.47 Å². The van der Waals surface area contributed by atoms with E-state index in [1.807, 2.05) is 85.8 Å². The van der Waals surface area contributed by atoms with Gasteiger partial charge in [0.15, 0.2) is 0 Å². The maximum Gasteiger partial charge on any atom is 0.293 e. The fraction of sp³-hybridized carbons (Fsp3) is 0.154. The summed E-state index contributed by atoms with van der Waals surface area (Å²) >= 11 is 0.962. The summed E-state index contributed by atoms with van der Waals surface area (Å²) in [5, 5.41) is -0.257. The lowest BCUT2D eigenvalue weighted by Gasteiger charge is -2.12. The minimum Gasteiger partial charge on any atom is -0.490 e. The summed E-state index contributed by atoms with van der Waals surface area (Å²) in [5.74, 6) is 1.20. The maximum absolute atomic E-state index is 12.8. The van der Waals surface area contributed by atoms with Crippen molar-refractivity contribution in [3.05, 3.63) is 100 Å². The first kappa shape index (κ1) is 21.7. The smallest absolute Gasteiger partial charge is 0.293 e. The van der Waals surface area contributed by atoms with Crippen LogP contribution < -0.4 is 9.47 Å². The van der Waals surface area contributed by atoms with Crippen LogP contribution in [0.2, 0.25) is 0 Å². The third kappa shape index (κ3) is 5.59. The summed E-state index contributed by atoms with van der Waals surface area (Å²) in [6, 6.07) is 24.8. The van der Waals surface area contributed by atoms with Crippen LogP contribution in [0.5, 0.6) is 11.5 Å². The molecule has 1 heterocycles. The number of para-hydroxylation sites is 1.